The first kappa shape index (κ1) is 13.7. The Labute approximate surface area is 103 Å². The maximum absolute atomic E-state index is 11.7. The molecular weight excluding hydrogens is 214 g/mol. The van der Waals surface area contributed by atoms with Crippen LogP contribution in [-0.2, 0) is 16.0 Å². The first-order chi connectivity index (χ1) is 8.13. The van der Waals surface area contributed by atoms with E-state index in [4.69, 9.17) is 10.5 Å². The molecule has 0 saturated heterocycles. The van der Waals surface area contributed by atoms with E-state index in [1.54, 1.807) is 0 Å². The number of ether oxygens (including phenoxy) is 1. The summed E-state index contributed by atoms with van der Waals surface area (Å²) < 4.78 is 5.26. The van der Waals surface area contributed by atoms with Crippen molar-refractivity contribution in [1.82, 2.24) is 0 Å². The van der Waals surface area contributed by atoms with Crippen molar-refractivity contribution in [1.29, 1.82) is 0 Å². The summed E-state index contributed by atoms with van der Waals surface area (Å²) in [6.07, 6.45) is 2.36. The van der Waals surface area contributed by atoms with Crippen LogP contribution in [-0.4, -0.2) is 18.1 Å². The fourth-order valence-corrected chi connectivity index (χ4v) is 1.70. The third-order valence-corrected chi connectivity index (χ3v) is 2.61. The monoisotopic (exact) mass is 235 g/mol. The van der Waals surface area contributed by atoms with E-state index < -0.39 is 6.04 Å². The molecule has 0 amide bonds. The molecule has 0 bridgehead atoms. The predicted molar refractivity (Wildman–Crippen MR) is 68.6 cm³/mol. The lowest BCUT2D eigenvalue weighted by Crippen LogP contribution is -2.36. The first-order valence-electron chi connectivity index (χ1n) is 6.13. The Morgan fingerprint density at radius 3 is 2.59 bits per heavy atom. The first-order valence-corrected chi connectivity index (χ1v) is 6.13. The van der Waals surface area contributed by atoms with E-state index in [0.29, 0.717) is 6.42 Å². The highest BCUT2D eigenvalue weighted by Gasteiger charge is 2.17. The Morgan fingerprint density at radius 1 is 1.35 bits per heavy atom. The summed E-state index contributed by atoms with van der Waals surface area (Å²) in [6, 6.07) is 9.17. The highest BCUT2D eigenvalue weighted by Crippen LogP contribution is 2.06. The van der Waals surface area contributed by atoms with Crippen molar-refractivity contribution >= 4 is 5.97 Å². The Kier molecular flexibility index (Phi) is 5.70. The van der Waals surface area contributed by atoms with Gasteiger partial charge in [-0.15, -0.1) is 0 Å². The van der Waals surface area contributed by atoms with Crippen molar-refractivity contribution in [3.8, 4) is 0 Å². The molecule has 1 rings (SSSR count). The molecule has 17 heavy (non-hydrogen) atoms. The molecule has 0 radical (unpaired) electrons. The lowest BCUT2D eigenvalue weighted by atomic mass is 10.1. The van der Waals surface area contributed by atoms with Gasteiger partial charge in [0.05, 0.1) is 6.10 Å². The number of esters is 1. The van der Waals surface area contributed by atoms with Crippen molar-refractivity contribution < 1.29 is 9.53 Å². The molecule has 1 aromatic carbocycles. The Hall–Kier alpha value is -1.35. The molecule has 0 fully saturated rings. The van der Waals surface area contributed by atoms with Crippen LogP contribution in [0.25, 0.3) is 0 Å². The maximum atomic E-state index is 11.7. The van der Waals surface area contributed by atoms with Gasteiger partial charge in [0.1, 0.15) is 6.04 Å². The van der Waals surface area contributed by atoms with E-state index in [1.165, 1.54) is 0 Å². The van der Waals surface area contributed by atoms with E-state index >= 15 is 0 Å². The quantitative estimate of drug-likeness (QED) is 0.770. The second kappa shape index (κ2) is 7.07. The SMILES string of the molecule is CCC[C@@H](C)OC(=O)[C@@H](N)Cc1ccccc1. The highest BCUT2D eigenvalue weighted by atomic mass is 16.5. The molecule has 3 heteroatoms. The van der Waals surface area contributed by atoms with Crippen LogP contribution in [0.1, 0.15) is 32.3 Å². The summed E-state index contributed by atoms with van der Waals surface area (Å²) in [5.41, 5.74) is 6.87. The van der Waals surface area contributed by atoms with Crippen LogP contribution in [0.5, 0.6) is 0 Å². The molecule has 3 nitrogen and oxygen atoms in total. The number of nitrogens with two attached hydrogens (primary N) is 1. The second-order valence-electron chi connectivity index (χ2n) is 4.33. The lowest BCUT2D eigenvalue weighted by molar-refractivity contribution is -0.150. The second-order valence-corrected chi connectivity index (χ2v) is 4.33. The van der Waals surface area contributed by atoms with Crippen molar-refractivity contribution in [2.45, 2.75) is 45.3 Å². The van der Waals surface area contributed by atoms with Crippen molar-refractivity contribution in [3.63, 3.8) is 0 Å². The summed E-state index contributed by atoms with van der Waals surface area (Å²) in [5.74, 6) is -0.310. The molecule has 1 aromatic rings. The van der Waals surface area contributed by atoms with Gasteiger partial charge in [0.2, 0.25) is 0 Å². The number of hydrogen-bond donors (Lipinski definition) is 1. The summed E-state index contributed by atoms with van der Waals surface area (Å²) in [4.78, 5) is 11.7. The normalized spacial score (nSPS) is 14.1. The van der Waals surface area contributed by atoms with Gasteiger partial charge in [-0.1, -0.05) is 43.7 Å². The third kappa shape index (κ3) is 5.00. The standard InChI is InChI=1S/C14H21NO2/c1-3-7-11(2)17-14(16)13(15)10-12-8-5-4-6-9-12/h4-6,8-9,11,13H,3,7,10,15H2,1-2H3/t11-,13+/m1/s1. The van der Waals surface area contributed by atoms with E-state index in [0.717, 1.165) is 18.4 Å². The van der Waals surface area contributed by atoms with Gasteiger partial charge < -0.3 is 10.5 Å². The lowest BCUT2D eigenvalue weighted by Gasteiger charge is -2.16. The van der Waals surface area contributed by atoms with E-state index in [9.17, 15) is 4.79 Å². The summed E-state index contributed by atoms with van der Waals surface area (Å²) in [7, 11) is 0. The average Bonchev–Trinajstić information content (AvgIpc) is 2.30. The van der Waals surface area contributed by atoms with Crippen LogP contribution >= 0.6 is 0 Å². The van der Waals surface area contributed by atoms with Crippen molar-refractivity contribution in [3.05, 3.63) is 35.9 Å². The fraction of sp³-hybridized carbons (Fsp3) is 0.500. The van der Waals surface area contributed by atoms with Gasteiger partial charge in [-0.05, 0) is 25.3 Å². The van der Waals surface area contributed by atoms with E-state index in [2.05, 4.69) is 6.92 Å². The Balaban J connectivity index is 2.42. The molecule has 0 aliphatic rings. The molecule has 0 saturated carbocycles. The van der Waals surface area contributed by atoms with E-state index in [1.807, 2.05) is 37.3 Å². The van der Waals surface area contributed by atoms with Gasteiger partial charge in [0, 0.05) is 0 Å². The summed E-state index contributed by atoms with van der Waals surface area (Å²) in [6.45, 7) is 3.96. The van der Waals surface area contributed by atoms with Gasteiger partial charge >= 0.3 is 5.97 Å². The molecule has 0 spiro atoms. The van der Waals surface area contributed by atoms with Crippen LogP contribution < -0.4 is 5.73 Å². The number of carbonyl (C=O) groups excluding carboxylic acids is 1. The third-order valence-electron chi connectivity index (χ3n) is 2.61. The zero-order valence-electron chi connectivity index (χ0n) is 10.6. The maximum Gasteiger partial charge on any atom is 0.323 e. The minimum atomic E-state index is -0.572. The topological polar surface area (TPSA) is 52.3 Å². The minimum absolute atomic E-state index is 0.0469. The molecule has 2 N–H and O–H groups in total. The highest BCUT2D eigenvalue weighted by molar-refractivity contribution is 5.76. The molecule has 94 valence electrons. The Morgan fingerprint density at radius 2 is 2.00 bits per heavy atom. The largest absolute Gasteiger partial charge is 0.462 e. The smallest absolute Gasteiger partial charge is 0.323 e. The summed E-state index contributed by atoms with van der Waals surface area (Å²) >= 11 is 0. The Bertz CT molecular complexity index is 337. The zero-order chi connectivity index (χ0) is 12.7. The molecule has 0 aromatic heterocycles. The number of benzene rings is 1. The van der Waals surface area contributed by atoms with Crippen LogP contribution in [0, 0.1) is 0 Å². The van der Waals surface area contributed by atoms with Gasteiger partial charge in [0.15, 0.2) is 0 Å². The molecule has 0 unspecified atom stereocenters. The van der Waals surface area contributed by atoms with Crippen LogP contribution in [0.2, 0.25) is 0 Å². The van der Waals surface area contributed by atoms with Crippen molar-refractivity contribution in [2.75, 3.05) is 0 Å². The van der Waals surface area contributed by atoms with Crippen molar-refractivity contribution in [2.24, 2.45) is 5.73 Å². The predicted octanol–water partition coefficient (Wildman–Crippen LogP) is 2.29. The zero-order valence-corrected chi connectivity index (χ0v) is 10.6. The van der Waals surface area contributed by atoms with E-state index in [-0.39, 0.29) is 12.1 Å². The number of carbonyl (C=O) groups is 1. The number of hydrogen-bond acceptors (Lipinski definition) is 3. The molecule has 0 aliphatic carbocycles. The fourth-order valence-electron chi connectivity index (χ4n) is 1.70. The van der Waals surface area contributed by atoms with Gasteiger partial charge in [-0.25, -0.2) is 0 Å². The van der Waals surface area contributed by atoms with Gasteiger partial charge in [0.25, 0.3) is 0 Å². The average molecular weight is 235 g/mol. The molecule has 0 aliphatic heterocycles. The van der Waals surface area contributed by atoms with Crippen LogP contribution in [0.4, 0.5) is 0 Å². The van der Waals surface area contributed by atoms with Crippen LogP contribution in [0.3, 0.4) is 0 Å². The molecule has 2 atom stereocenters. The van der Waals surface area contributed by atoms with Crippen LogP contribution in [0.15, 0.2) is 30.3 Å². The number of rotatable bonds is 6. The molecular formula is C14H21NO2. The van der Waals surface area contributed by atoms with Gasteiger partial charge in [-0.3, -0.25) is 4.79 Å². The summed E-state index contributed by atoms with van der Waals surface area (Å²) in [5, 5.41) is 0. The van der Waals surface area contributed by atoms with Gasteiger partial charge in [-0.2, -0.15) is 0 Å². The molecule has 0 heterocycles. The minimum Gasteiger partial charge on any atom is -0.462 e.